The summed E-state index contributed by atoms with van der Waals surface area (Å²) in [7, 11) is 1.98. The molecule has 7 nitrogen and oxygen atoms in total. The van der Waals surface area contributed by atoms with Gasteiger partial charge in [-0.2, -0.15) is 0 Å². The first kappa shape index (κ1) is 18.0. The summed E-state index contributed by atoms with van der Waals surface area (Å²) in [6.45, 7) is 1.09. The van der Waals surface area contributed by atoms with E-state index in [-0.39, 0.29) is 17.6 Å². The van der Waals surface area contributed by atoms with Gasteiger partial charge in [0.1, 0.15) is 11.7 Å². The Balaban J connectivity index is 1.70. The van der Waals surface area contributed by atoms with Crippen LogP contribution in [0.2, 0.25) is 0 Å². The van der Waals surface area contributed by atoms with Gasteiger partial charge in [-0.1, -0.05) is 12.1 Å². The maximum atomic E-state index is 12.7. The third-order valence-electron chi connectivity index (χ3n) is 4.78. The zero-order valence-corrected chi connectivity index (χ0v) is 14.7. The van der Waals surface area contributed by atoms with Crippen LogP contribution in [0.5, 0.6) is 0 Å². The Morgan fingerprint density at radius 1 is 1.27 bits per heavy atom. The minimum Gasteiger partial charge on any atom is -0.480 e. The second kappa shape index (κ2) is 8.05. The number of carboxylic acid groups (broad SMARTS) is 1. The molecule has 2 aromatic heterocycles. The van der Waals surface area contributed by atoms with Crippen LogP contribution in [0.15, 0.2) is 48.9 Å². The lowest BCUT2D eigenvalue weighted by molar-refractivity contribution is -0.144. The third-order valence-corrected chi connectivity index (χ3v) is 4.78. The fourth-order valence-electron chi connectivity index (χ4n) is 3.37. The monoisotopic (exact) mass is 354 g/mol. The molecule has 26 heavy (non-hydrogen) atoms. The lowest BCUT2D eigenvalue weighted by atomic mass is 9.95. The highest BCUT2D eigenvalue weighted by Crippen LogP contribution is 2.24. The van der Waals surface area contributed by atoms with Crippen molar-refractivity contribution >= 4 is 11.9 Å². The summed E-state index contributed by atoms with van der Waals surface area (Å²) in [5.41, 5.74) is 1.36. The Morgan fingerprint density at radius 3 is 2.77 bits per heavy atom. The highest BCUT2D eigenvalue weighted by Gasteiger charge is 2.38. The minimum atomic E-state index is -0.978. The van der Waals surface area contributed by atoms with Crippen LogP contribution in [0.4, 0.5) is 0 Å². The van der Waals surface area contributed by atoms with Crippen molar-refractivity contribution in [3.05, 3.63) is 60.2 Å². The smallest absolute Gasteiger partial charge is 0.326 e. The van der Waals surface area contributed by atoms with Crippen molar-refractivity contribution in [2.75, 3.05) is 13.6 Å². The van der Waals surface area contributed by atoms with Gasteiger partial charge in [0.15, 0.2) is 0 Å². The van der Waals surface area contributed by atoms with Gasteiger partial charge in [-0.25, -0.2) is 4.79 Å². The number of carbonyl (C=O) groups excluding carboxylic acids is 1. The van der Waals surface area contributed by atoms with Crippen LogP contribution in [0, 0.1) is 0 Å². The average Bonchev–Trinajstić information content (AvgIpc) is 2.68. The second-order valence-electron chi connectivity index (χ2n) is 6.52. The molecule has 1 N–H and O–H groups in total. The van der Waals surface area contributed by atoms with E-state index in [1.807, 2.05) is 25.4 Å². The van der Waals surface area contributed by atoms with Crippen LogP contribution in [-0.4, -0.2) is 62.4 Å². The number of carbonyl (C=O) groups is 2. The van der Waals surface area contributed by atoms with E-state index >= 15 is 0 Å². The van der Waals surface area contributed by atoms with Gasteiger partial charge < -0.3 is 10.0 Å². The van der Waals surface area contributed by atoms with E-state index in [0.717, 1.165) is 12.0 Å². The number of hydrogen-bond acceptors (Lipinski definition) is 5. The van der Waals surface area contributed by atoms with Crippen LogP contribution in [0.3, 0.4) is 0 Å². The lowest BCUT2D eigenvalue weighted by Crippen LogP contribution is -2.54. The van der Waals surface area contributed by atoms with Gasteiger partial charge in [0.2, 0.25) is 0 Å². The molecule has 0 bridgehead atoms. The van der Waals surface area contributed by atoms with E-state index in [9.17, 15) is 14.7 Å². The molecule has 136 valence electrons. The van der Waals surface area contributed by atoms with Crippen LogP contribution in [0.1, 0.15) is 28.9 Å². The van der Waals surface area contributed by atoms with Gasteiger partial charge in [0, 0.05) is 37.7 Å². The standard InChI is InChI=1S/C19H22N4O3/c1-22(13-14-5-4-8-20-12-14)15-7-10-23(17(11-15)19(25)26)18(24)16-6-2-3-9-21-16/h2-6,8-9,12,15,17H,7,10-11,13H2,1H3,(H,25,26). The number of aromatic nitrogens is 2. The van der Waals surface area contributed by atoms with Gasteiger partial charge in [-0.15, -0.1) is 0 Å². The Labute approximate surface area is 152 Å². The van der Waals surface area contributed by atoms with Crippen molar-refractivity contribution in [2.45, 2.75) is 31.5 Å². The molecule has 0 aromatic carbocycles. The van der Waals surface area contributed by atoms with Crippen molar-refractivity contribution in [3.63, 3.8) is 0 Å². The number of hydrogen-bond donors (Lipinski definition) is 1. The first-order valence-electron chi connectivity index (χ1n) is 8.60. The summed E-state index contributed by atoms with van der Waals surface area (Å²) in [6, 6.07) is 8.19. The van der Waals surface area contributed by atoms with Crippen molar-refractivity contribution in [3.8, 4) is 0 Å². The summed E-state index contributed by atoms with van der Waals surface area (Å²) >= 11 is 0. The molecule has 0 aliphatic carbocycles. The maximum Gasteiger partial charge on any atom is 0.326 e. The highest BCUT2D eigenvalue weighted by atomic mass is 16.4. The molecule has 2 aromatic rings. The van der Waals surface area contributed by atoms with E-state index < -0.39 is 12.0 Å². The molecule has 1 fully saturated rings. The number of amides is 1. The minimum absolute atomic E-state index is 0.0871. The van der Waals surface area contributed by atoms with Gasteiger partial charge in [0.05, 0.1) is 0 Å². The number of aliphatic carboxylic acids is 1. The second-order valence-corrected chi connectivity index (χ2v) is 6.52. The molecule has 3 rings (SSSR count). The van der Waals surface area contributed by atoms with Crippen LogP contribution >= 0.6 is 0 Å². The Hall–Kier alpha value is -2.80. The molecule has 1 aliphatic heterocycles. The van der Waals surface area contributed by atoms with Crippen molar-refractivity contribution in [1.82, 2.24) is 19.8 Å². The molecule has 1 amide bonds. The van der Waals surface area contributed by atoms with Crippen molar-refractivity contribution < 1.29 is 14.7 Å². The van der Waals surface area contributed by atoms with Crippen molar-refractivity contribution in [2.24, 2.45) is 0 Å². The molecule has 0 saturated carbocycles. The summed E-state index contributed by atoms with van der Waals surface area (Å²) in [6.07, 6.45) is 6.19. The summed E-state index contributed by atoms with van der Waals surface area (Å²) in [4.78, 5) is 36.2. The topological polar surface area (TPSA) is 86.6 Å². The normalized spacial score (nSPS) is 20.2. The van der Waals surface area contributed by atoms with E-state index in [4.69, 9.17) is 0 Å². The molecule has 2 unspecified atom stereocenters. The summed E-state index contributed by atoms with van der Waals surface area (Å²) < 4.78 is 0. The van der Waals surface area contributed by atoms with Crippen LogP contribution in [-0.2, 0) is 11.3 Å². The van der Waals surface area contributed by atoms with E-state index in [2.05, 4.69) is 14.9 Å². The number of carboxylic acids is 1. The van der Waals surface area contributed by atoms with Crippen molar-refractivity contribution in [1.29, 1.82) is 0 Å². The van der Waals surface area contributed by atoms with Gasteiger partial charge in [0.25, 0.3) is 5.91 Å². The van der Waals surface area contributed by atoms with Gasteiger partial charge >= 0.3 is 5.97 Å². The SMILES string of the molecule is CN(Cc1cccnc1)C1CCN(C(=O)c2ccccn2)C(C(=O)O)C1. The third kappa shape index (κ3) is 4.05. The Bertz CT molecular complexity index is 754. The molecule has 3 heterocycles. The summed E-state index contributed by atoms with van der Waals surface area (Å²) in [5.74, 6) is -1.31. The Kier molecular flexibility index (Phi) is 5.58. The van der Waals surface area contributed by atoms with E-state index in [1.54, 1.807) is 24.4 Å². The fourth-order valence-corrected chi connectivity index (χ4v) is 3.37. The number of rotatable bonds is 5. The van der Waals surface area contributed by atoms with E-state index in [0.29, 0.717) is 19.5 Å². The lowest BCUT2D eigenvalue weighted by Gasteiger charge is -2.40. The Morgan fingerprint density at radius 2 is 2.12 bits per heavy atom. The largest absolute Gasteiger partial charge is 0.480 e. The quantitative estimate of drug-likeness (QED) is 0.879. The maximum absolute atomic E-state index is 12.7. The molecule has 0 spiro atoms. The molecule has 0 radical (unpaired) electrons. The predicted octanol–water partition coefficient (Wildman–Crippen LogP) is 1.67. The summed E-state index contributed by atoms with van der Waals surface area (Å²) in [5, 5.41) is 9.65. The van der Waals surface area contributed by atoms with Gasteiger partial charge in [-0.05, 0) is 43.7 Å². The predicted molar refractivity (Wildman–Crippen MR) is 95.4 cm³/mol. The molecule has 7 heteroatoms. The first-order chi connectivity index (χ1) is 12.6. The van der Waals surface area contributed by atoms with Crippen LogP contribution in [0.25, 0.3) is 0 Å². The molecule has 1 aliphatic rings. The average molecular weight is 354 g/mol. The number of piperidine rings is 1. The number of pyridine rings is 2. The molecule has 2 atom stereocenters. The zero-order chi connectivity index (χ0) is 18.5. The number of nitrogens with zero attached hydrogens (tertiary/aromatic N) is 4. The number of likely N-dealkylation sites (tertiary alicyclic amines) is 1. The fraction of sp³-hybridized carbons (Fsp3) is 0.368. The van der Waals surface area contributed by atoms with Gasteiger partial charge in [-0.3, -0.25) is 19.7 Å². The highest BCUT2D eigenvalue weighted by molar-refractivity contribution is 5.95. The van der Waals surface area contributed by atoms with E-state index in [1.165, 1.54) is 11.1 Å². The zero-order valence-electron chi connectivity index (χ0n) is 14.7. The first-order valence-corrected chi connectivity index (χ1v) is 8.60. The molecular weight excluding hydrogens is 332 g/mol. The van der Waals surface area contributed by atoms with Crippen LogP contribution < -0.4 is 0 Å². The molecule has 1 saturated heterocycles. The molecular formula is C19H22N4O3.